The van der Waals surface area contributed by atoms with E-state index in [0.29, 0.717) is 30.2 Å². The monoisotopic (exact) mass is 466 g/mol. The van der Waals surface area contributed by atoms with Crippen molar-refractivity contribution in [2.75, 3.05) is 39.7 Å². The van der Waals surface area contributed by atoms with Crippen molar-refractivity contribution < 1.29 is 31.8 Å². The zero-order valence-electron chi connectivity index (χ0n) is 18.1. The fraction of sp³-hybridized carbons (Fsp3) is 0.409. The lowest BCUT2D eigenvalue weighted by molar-refractivity contribution is -0.123. The molecule has 0 saturated heterocycles. The number of sulfonamides is 1. The van der Waals surface area contributed by atoms with Crippen LogP contribution in [0.2, 0.25) is 0 Å². The SMILES string of the molecule is COc1cc2c(cc1OC)CN(S(=O)(=O)CCCNC(=O)COc1ccc(F)cc1)CC2. The van der Waals surface area contributed by atoms with Gasteiger partial charge in [0.25, 0.3) is 5.91 Å². The molecule has 0 atom stereocenters. The van der Waals surface area contributed by atoms with Gasteiger partial charge in [0.2, 0.25) is 10.0 Å². The minimum Gasteiger partial charge on any atom is -0.493 e. The van der Waals surface area contributed by atoms with Crippen LogP contribution in [-0.4, -0.2) is 58.3 Å². The molecule has 3 rings (SSSR count). The Hall–Kier alpha value is -2.85. The van der Waals surface area contributed by atoms with E-state index in [1.807, 2.05) is 12.1 Å². The summed E-state index contributed by atoms with van der Waals surface area (Å²) >= 11 is 0. The van der Waals surface area contributed by atoms with Gasteiger partial charge in [0.15, 0.2) is 18.1 Å². The Bertz CT molecular complexity index is 1040. The Balaban J connectivity index is 1.45. The summed E-state index contributed by atoms with van der Waals surface area (Å²) in [7, 11) is -0.366. The number of hydrogen-bond acceptors (Lipinski definition) is 6. The molecule has 0 saturated carbocycles. The standard InChI is InChI=1S/C22H27FN2O6S/c1-29-20-12-16-8-10-25(14-17(16)13-21(20)30-2)32(27,28)11-3-9-24-22(26)15-31-19-6-4-18(23)5-7-19/h4-7,12-13H,3,8-11,14-15H2,1-2H3,(H,24,26). The first-order chi connectivity index (χ1) is 15.3. The highest BCUT2D eigenvalue weighted by atomic mass is 32.2. The zero-order chi connectivity index (χ0) is 23.1. The second-order valence-corrected chi connectivity index (χ2v) is 9.41. The maximum absolute atomic E-state index is 12.9. The van der Waals surface area contributed by atoms with E-state index in [2.05, 4.69) is 5.32 Å². The van der Waals surface area contributed by atoms with Crippen molar-refractivity contribution >= 4 is 15.9 Å². The van der Waals surface area contributed by atoms with Crippen LogP contribution in [0.3, 0.4) is 0 Å². The number of ether oxygens (including phenoxy) is 3. The van der Waals surface area contributed by atoms with E-state index in [9.17, 15) is 17.6 Å². The van der Waals surface area contributed by atoms with Gasteiger partial charge in [0, 0.05) is 19.6 Å². The van der Waals surface area contributed by atoms with Crippen molar-refractivity contribution in [3.8, 4) is 17.2 Å². The molecule has 1 aliphatic heterocycles. The van der Waals surface area contributed by atoms with Crippen LogP contribution in [-0.2, 0) is 27.8 Å². The van der Waals surface area contributed by atoms with Gasteiger partial charge in [0.1, 0.15) is 11.6 Å². The summed E-state index contributed by atoms with van der Waals surface area (Å²) in [4.78, 5) is 11.9. The lowest BCUT2D eigenvalue weighted by Crippen LogP contribution is -2.38. The zero-order valence-corrected chi connectivity index (χ0v) is 18.9. The van der Waals surface area contributed by atoms with Crippen molar-refractivity contribution in [3.63, 3.8) is 0 Å². The van der Waals surface area contributed by atoms with Gasteiger partial charge in [-0.25, -0.2) is 12.8 Å². The summed E-state index contributed by atoms with van der Waals surface area (Å²) in [6.45, 7) is 0.644. The predicted molar refractivity (Wildman–Crippen MR) is 117 cm³/mol. The number of nitrogens with one attached hydrogen (secondary N) is 1. The number of hydrogen-bond donors (Lipinski definition) is 1. The number of carbonyl (C=O) groups is 1. The Morgan fingerprint density at radius 3 is 2.41 bits per heavy atom. The number of amides is 1. The van der Waals surface area contributed by atoms with Gasteiger partial charge in [-0.2, -0.15) is 4.31 Å². The molecule has 0 bridgehead atoms. The molecule has 0 spiro atoms. The van der Waals surface area contributed by atoms with Crippen molar-refractivity contribution in [2.24, 2.45) is 0 Å². The lowest BCUT2D eigenvalue weighted by Gasteiger charge is -2.29. The van der Waals surface area contributed by atoms with E-state index in [1.165, 1.54) is 28.6 Å². The molecule has 0 radical (unpaired) electrons. The highest BCUT2D eigenvalue weighted by Crippen LogP contribution is 2.33. The van der Waals surface area contributed by atoms with Crippen molar-refractivity contribution in [3.05, 3.63) is 53.3 Å². The summed E-state index contributed by atoms with van der Waals surface area (Å²) in [5, 5.41) is 2.63. The molecule has 1 heterocycles. The largest absolute Gasteiger partial charge is 0.493 e. The smallest absolute Gasteiger partial charge is 0.257 e. The highest BCUT2D eigenvalue weighted by Gasteiger charge is 2.27. The van der Waals surface area contributed by atoms with Crippen LogP contribution in [0.5, 0.6) is 17.2 Å². The Morgan fingerprint density at radius 1 is 1.09 bits per heavy atom. The van der Waals surface area contributed by atoms with Crippen molar-refractivity contribution in [2.45, 2.75) is 19.4 Å². The first-order valence-electron chi connectivity index (χ1n) is 10.2. The molecular formula is C22H27FN2O6S. The summed E-state index contributed by atoms with van der Waals surface area (Å²) in [6, 6.07) is 9.04. The number of rotatable bonds is 10. The predicted octanol–water partition coefficient (Wildman–Crippen LogP) is 2.12. The molecule has 10 heteroatoms. The van der Waals surface area contributed by atoms with Gasteiger partial charge >= 0.3 is 0 Å². The molecule has 32 heavy (non-hydrogen) atoms. The van der Waals surface area contributed by atoms with Crippen LogP contribution >= 0.6 is 0 Å². The fourth-order valence-electron chi connectivity index (χ4n) is 3.44. The van der Waals surface area contributed by atoms with Crippen LogP contribution in [0.15, 0.2) is 36.4 Å². The van der Waals surface area contributed by atoms with Crippen molar-refractivity contribution in [1.29, 1.82) is 0 Å². The van der Waals surface area contributed by atoms with Crippen LogP contribution in [0.4, 0.5) is 4.39 Å². The number of methoxy groups -OCH3 is 2. The summed E-state index contributed by atoms with van der Waals surface area (Å²) in [5.74, 6) is 0.731. The van der Waals surface area contributed by atoms with E-state index in [-0.39, 0.29) is 43.6 Å². The molecule has 1 amide bonds. The first-order valence-corrected chi connectivity index (χ1v) is 11.8. The molecule has 0 aliphatic carbocycles. The topological polar surface area (TPSA) is 94.2 Å². The van der Waals surface area contributed by atoms with Crippen LogP contribution in [0, 0.1) is 5.82 Å². The molecule has 2 aromatic carbocycles. The first kappa shape index (κ1) is 23.8. The third-order valence-electron chi connectivity index (χ3n) is 5.16. The van der Waals surface area contributed by atoms with E-state index in [4.69, 9.17) is 14.2 Å². The third-order valence-corrected chi connectivity index (χ3v) is 7.06. The van der Waals surface area contributed by atoms with E-state index in [0.717, 1.165) is 11.1 Å². The van der Waals surface area contributed by atoms with Gasteiger partial charge in [-0.3, -0.25) is 4.79 Å². The van der Waals surface area contributed by atoms with Gasteiger partial charge in [-0.05, 0) is 60.4 Å². The number of nitrogens with zero attached hydrogens (tertiary/aromatic N) is 1. The van der Waals surface area contributed by atoms with Crippen LogP contribution in [0.1, 0.15) is 17.5 Å². The minimum absolute atomic E-state index is 0.0747. The lowest BCUT2D eigenvalue weighted by atomic mass is 10.0. The maximum atomic E-state index is 12.9. The molecule has 1 aliphatic rings. The molecule has 0 aromatic heterocycles. The molecule has 0 unspecified atom stereocenters. The summed E-state index contributed by atoms with van der Waals surface area (Å²) < 4.78 is 55.7. The minimum atomic E-state index is -3.48. The van der Waals surface area contributed by atoms with E-state index < -0.39 is 10.0 Å². The maximum Gasteiger partial charge on any atom is 0.257 e. The molecule has 2 aromatic rings. The quantitative estimate of drug-likeness (QED) is 0.539. The number of fused-ring (bicyclic) bond motifs is 1. The Labute approximate surface area is 187 Å². The van der Waals surface area contributed by atoms with Crippen molar-refractivity contribution in [1.82, 2.24) is 9.62 Å². The second-order valence-electron chi connectivity index (χ2n) is 7.32. The van der Waals surface area contributed by atoms with Gasteiger partial charge < -0.3 is 19.5 Å². The van der Waals surface area contributed by atoms with E-state index >= 15 is 0 Å². The number of carbonyl (C=O) groups excluding carboxylic acids is 1. The molecular weight excluding hydrogens is 439 g/mol. The summed E-state index contributed by atoms with van der Waals surface area (Å²) in [5.41, 5.74) is 1.94. The fourth-order valence-corrected chi connectivity index (χ4v) is 4.91. The van der Waals surface area contributed by atoms with Gasteiger partial charge in [0.05, 0.1) is 20.0 Å². The number of benzene rings is 2. The highest BCUT2D eigenvalue weighted by molar-refractivity contribution is 7.89. The van der Waals surface area contributed by atoms with Gasteiger partial charge in [-0.1, -0.05) is 0 Å². The average Bonchev–Trinajstić information content (AvgIpc) is 2.80. The molecule has 1 N–H and O–H groups in total. The van der Waals surface area contributed by atoms with Gasteiger partial charge in [-0.15, -0.1) is 0 Å². The van der Waals surface area contributed by atoms with E-state index in [1.54, 1.807) is 14.2 Å². The third kappa shape index (κ3) is 6.10. The van der Waals surface area contributed by atoms with Crippen LogP contribution < -0.4 is 19.5 Å². The number of halogens is 1. The van der Waals surface area contributed by atoms with Crippen LogP contribution in [0.25, 0.3) is 0 Å². The second kappa shape index (κ2) is 10.6. The Kier molecular flexibility index (Phi) is 7.92. The molecule has 8 nitrogen and oxygen atoms in total. The Morgan fingerprint density at radius 2 is 1.75 bits per heavy atom. The molecule has 0 fully saturated rings. The molecule has 174 valence electrons. The summed E-state index contributed by atoms with van der Waals surface area (Å²) in [6.07, 6.45) is 0.867. The average molecular weight is 467 g/mol. The normalized spacial score (nSPS) is 13.8.